The topological polar surface area (TPSA) is 92.2 Å². The molecule has 2 fully saturated rings. The Labute approximate surface area is 195 Å². The van der Waals surface area contributed by atoms with Gasteiger partial charge in [-0.1, -0.05) is 30.3 Å². The first kappa shape index (κ1) is 22.0. The molecule has 5 rings (SSSR count). The lowest BCUT2D eigenvalue weighted by Crippen LogP contribution is -2.34. The van der Waals surface area contributed by atoms with Gasteiger partial charge in [-0.2, -0.15) is 0 Å². The summed E-state index contributed by atoms with van der Waals surface area (Å²) in [5.74, 6) is 1.57. The molecule has 1 aliphatic carbocycles. The van der Waals surface area contributed by atoms with Crippen molar-refractivity contribution in [3.8, 4) is 5.88 Å². The van der Waals surface area contributed by atoms with Crippen LogP contribution in [0.5, 0.6) is 5.88 Å². The zero-order valence-electron chi connectivity index (χ0n) is 19.2. The van der Waals surface area contributed by atoms with Crippen molar-refractivity contribution in [2.45, 2.75) is 69.6 Å². The molecular weight excluding hydrogens is 414 g/mol. The minimum atomic E-state index is -0.193. The molecule has 33 heavy (non-hydrogen) atoms. The fourth-order valence-corrected chi connectivity index (χ4v) is 4.96. The fraction of sp³-hybridized carbons (Fsp3) is 0.500. The molecule has 2 aliphatic rings. The van der Waals surface area contributed by atoms with Crippen LogP contribution < -0.4 is 15.4 Å². The first-order valence-corrected chi connectivity index (χ1v) is 12.2. The molecule has 1 saturated carbocycles. The second-order valence-electron chi connectivity index (χ2n) is 9.32. The van der Waals surface area contributed by atoms with Crippen LogP contribution in [-0.2, 0) is 0 Å². The van der Waals surface area contributed by atoms with Gasteiger partial charge in [-0.05, 0) is 70.0 Å². The summed E-state index contributed by atoms with van der Waals surface area (Å²) >= 11 is 0. The van der Waals surface area contributed by atoms with E-state index in [0.29, 0.717) is 17.7 Å². The van der Waals surface area contributed by atoms with Crippen LogP contribution in [0.2, 0.25) is 0 Å². The van der Waals surface area contributed by atoms with Crippen LogP contribution in [0.15, 0.2) is 42.7 Å². The summed E-state index contributed by atoms with van der Waals surface area (Å²) in [6, 6.07) is 10.4. The van der Waals surface area contributed by atoms with Gasteiger partial charge >= 0.3 is 0 Å². The van der Waals surface area contributed by atoms with Crippen LogP contribution in [0, 0.1) is 0 Å². The molecule has 174 valence electrons. The van der Waals surface area contributed by atoms with E-state index in [4.69, 9.17) is 14.7 Å². The van der Waals surface area contributed by atoms with E-state index < -0.39 is 0 Å². The molecular formula is C26H33N5O2. The van der Waals surface area contributed by atoms with Gasteiger partial charge in [0.05, 0.1) is 23.0 Å². The van der Waals surface area contributed by atoms with Crippen LogP contribution in [0.3, 0.4) is 0 Å². The van der Waals surface area contributed by atoms with E-state index in [1.54, 1.807) is 0 Å². The third-order valence-electron chi connectivity index (χ3n) is 6.96. The number of ether oxygens (including phenoxy) is 1. The number of fused-ring (bicyclic) bond motifs is 1. The smallest absolute Gasteiger partial charge is 0.224 e. The highest BCUT2D eigenvalue weighted by Gasteiger charge is 2.26. The zero-order valence-corrected chi connectivity index (χ0v) is 19.2. The van der Waals surface area contributed by atoms with Gasteiger partial charge in [0.2, 0.25) is 11.8 Å². The Kier molecular flexibility index (Phi) is 6.69. The highest BCUT2D eigenvalue weighted by atomic mass is 16.5. The Hall–Kier alpha value is -2.77. The van der Waals surface area contributed by atoms with Crippen LogP contribution in [0.4, 0.5) is 5.95 Å². The Morgan fingerprint density at radius 1 is 1.00 bits per heavy atom. The van der Waals surface area contributed by atoms with Crippen molar-refractivity contribution < 1.29 is 9.84 Å². The highest BCUT2D eigenvalue weighted by Crippen LogP contribution is 2.38. The standard InChI is InChI=1S/C26H33N5O2/c1-17(18-5-3-2-4-6-18)30-26-29-16-23-24(31-26)22(19-7-9-20(32)10-8-19)15-28-25(23)33-21-11-13-27-14-12-21/h2-6,15-17,19-21,27,32H,7-14H2,1H3,(H,29,30,31)/t17-,19-,20-/m0/s1. The van der Waals surface area contributed by atoms with Crippen LogP contribution in [0.1, 0.15) is 68.5 Å². The largest absolute Gasteiger partial charge is 0.474 e. The van der Waals surface area contributed by atoms with E-state index >= 15 is 0 Å². The number of nitrogens with one attached hydrogen (secondary N) is 2. The summed E-state index contributed by atoms with van der Waals surface area (Å²) in [6.45, 7) is 4.05. The summed E-state index contributed by atoms with van der Waals surface area (Å²) in [4.78, 5) is 14.3. The molecule has 1 atom stereocenters. The van der Waals surface area contributed by atoms with Crippen molar-refractivity contribution in [1.29, 1.82) is 0 Å². The van der Waals surface area contributed by atoms with E-state index in [2.05, 4.69) is 34.7 Å². The fourth-order valence-electron chi connectivity index (χ4n) is 4.96. The van der Waals surface area contributed by atoms with Crippen molar-refractivity contribution in [1.82, 2.24) is 20.3 Å². The highest BCUT2D eigenvalue weighted by molar-refractivity contribution is 5.86. The van der Waals surface area contributed by atoms with Gasteiger partial charge in [-0.25, -0.2) is 15.0 Å². The molecule has 3 heterocycles. The molecule has 0 amide bonds. The van der Waals surface area contributed by atoms with E-state index in [1.807, 2.05) is 30.6 Å². The van der Waals surface area contributed by atoms with Gasteiger partial charge in [0.15, 0.2) is 0 Å². The lowest BCUT2D eigenvalue weighted by Gasteiger charge is -2.27. The SMILES string of the molecule is C[C@H](Nc1ncc2c(OC3CCNCC3)ncc([C@H]3CC[C@H](O)CC3)c2n1)c1ccccc1. The number of aliphatic hydroxyl groups excluding tert-OH is 1. The normalized spacial score (nSPS) is 22.7. The summed E-state index contributed by atoms with van der Waals surface area (Å²) in [6.07, 6.45) is 9.24. The van der Waals surface area contributed by atoms with Crippen LogP contribution in [-0.4, -0.2) is 45.4 Å². The molecule has 0 spiro atoms. The Balaban J connectivity index is 1.48. The van der Waals surface area contributed by atoms with Crippen molar-refractivity contribution in [2.24, 2.45) is 0 Å². The first-order valence-electron chi connectivity index (χ1n) is 12.2. The number of hydrogen-bond donors (Lipinski definition) is 3. The number of hydrogen-bond acceptors (Lipinski definition) is 7. The van der Waals surface area contributed by atoms with E-state index in [1.165, 1.54) is 5.56 Å². The quantitative estimate of drug-likeness (QED) is 0.517. The molecule has 3 N–H and O–H groups in total. The maximum atomic E-state index is 9.99. The summed E-state index contributed by atoms with van der Waals surface area (Å²) < 4.78 is 6.33. The first-order chi connectivity index (χ1) is 16.2. The van der Waals surface area contributed by atoms with E-state index in [-0.39, 0.29) is 18.2 Å². The number of benzene rings is 1. The Bertz CT molecular complexity index is 1060. The molecule has 1 aliphatic heterocycles. The summed E-state index contributed by atoms with van der Waals surface area (Å²) in [5.41, 5.74) is 3.23. The van der Waals surface area contributed by atoms with Gasteiger partial charge in [0, 0.05) is 18.0 Å². The van der Waals surface area contributed by atoms with Gasteiger partial charge in [-0.15, -0.1) is 0 Å². The minimum Gasteiger partial charge on any atom is -0.474 e. The van der Waals surface area contributed by atoms with Gasteiger partial charge in [0.25, 0.3) is 0 Å². The molecule has 0 radical (unpaired) electrons. The second-order valence-corrected chi connectivity index (χ2v) is 9.32. The third-order valence-corrected chi connectivity index (χ3v) is 6.96. The number of nitrogens with zero attached hydrogens (tertiary/aromatic N) is 3. The minimum absolute atomic E-state index is 0.0872. The number of aliphatic hydroxyl groups is 1. The predicted octanol–water partition coefficient (Wildman–Crippen LogP) is 4.35. The summed E-state index contributed by atoms with van der Waals surface area (Å²) in [5, 5.41) is 17.7. The Morgan fingerprint density at radius 3 is 2.52 bits per heavy atom. The van der Waals surface area contributed by atoms with Crippen molar-refractivity contribution >= 4 is 16.9 Å². The average Bonchev–Trinajstić information content (AvgIpc) is 2.86. The molecule has 7 nitrogen and oxygen atoms in total. The lowest BCUT2D eigenvalue weighted by molar-refractivity contribution is 0.122. The van der Waals surface area contributed by atoms with Crippen LogP contribution in [0.25, 0.3) is 10.9 Å². The van der Waals surface area contributed by atoms with E-state index in [9.17, 15) is 5.11 Å². The Morgan fingerprint density at radius 2 is 1.76 bits per heavy atom. The van der Waals surface area contributed by atoms with Crippen molar-refractivity contribution in [2.75, 3.05) is 18.4 Å². The van der Waals surface area contributed by atoms with Crippen molar-refractivity contribution in [3.63, 3.8) is 0 Å². The molecule has 1 aromatic carbocycles. The molecule has 2 aromatic heterocycles. The molecule has 0 unspecified atom stereocenters. The van der Waals surface area contributed by atoms with Crippen LogP contribution >= 0.6 is 0 Å². The predicted molar refractivity (Wildman–Crippen MR) is 130 cm³/mol. The van der Waals surface area contributed by atoms with Gasteiger partial charge in [-0.3, -0.25) is 0 Å². The third kappa shape index (κ3) is 5.09. The maximum Gasteiger partial charge on any atom is 0.224 e. The maximum absolute atomic E-state index is 9.99. The van der Waals surface area contributed by atoms with E-state index in [0.717, 1.165) is 68.1 Å². The van der Waals surface area contributed by atoms with Gasteiger partial charge < -0.3 is 20.5 Å². The number of aromatic nitrogens is 3. The van der Waals surface area contributed by atoms with Gasteiger partial charge in [0.1, 0.15) is 6.10 Å². The molecule has 7 heteroatoms. The molecule has 0 bridgehead atoms. The van der Waals surface area contributed by atoms with Crippen molar-refractivity contribution in [3.05, 3.63) is 53.9 Å². The monoisotopic (exact) mass is 447 g/mol. The number of anilines is 1. The molecule has 1 saturated heterocycles. The summed E-state index contributed by atoms with van der Waals surface area (Å²) in [7, 11) is 0. The number of pyridine rings is 1. The second kappa shape index (κ2) is 10.0. The zero-order chi connectivity index (χ0) is 22.6. The average molecular weight is 448 g/mol. The lowest BCUT2D eigenvalue weighted by atomic mass is 9.83. The number of piperidine rings is 1. The number of rotatable bonds is 6. The molecule has 3 aromatic rings.